The number of anilines is 2. The SMILES string of the molecule is COC(CNC(O)(O)Cc1c(O)c(O)c(NC(=O)Cc2csc(N)n2)c(O)c1O)c1ccccc1. The van der Waals surface area contributed by atoms with Gasteiger partial charge in [0.2, 0.25) is 11.8 Å². The molecule has 1 amide bonds. The maximum Gasteiger partial charge on any atom is 0.230 e. The number of ether oxygens (including phenoxy) is 1. The number of aromatic nitrogens is 1. The van der Waals surface area contributed by atoms with E-state index in [1.54, 1.807) is 29.6 Å². The lowest BCUT2D eigenvalue weighted by Crippen LogP contribution is -2.48. The van der Waals surface area contributed by atoms with Crippen molar-refractivity contribution in [1.82, 2.24) is 10.3 Å². The molecule has 1 atom stereocenters. The second-order valence-electron chi connectivity index (χ2n) is 7.66. The van der Waals surface area contributed by atoms with E-state index in [9.17, 15) is 35.4 Å². The number of thiazole rings is 1. The predicted molar refractivity (Wildman–Crippen MR) is 127 cm³/mol. The number of hydrogen-bond donors (Lipinski definition) is 9. The van der Waals surface area contributed by atoms with Crippen molar-refractivity contribution in [2.45, 2.75) is 24.9 Å². The summed E-state index contributed by atoms with van der Waals surface area (Å²) in [5, 5.41) is 68.6. The molecule has 35 heavy (non-hydrogen) atoms. The topological polar surface area (TPSA) is 211 Å². The molecule has 0 saturated heterocycles. The Labute approximate surface area is 203 Å². The molecule has 3 aromatic rings. The van der Waals surface area contributed by atoms with Crippen molar-refractivity contribution in [3.63, 3.8) is 0 Å². The number of aromatic hydroxyl groups is 4. The predicted octanol–water partition coefficient (Wildman–Crippen LogP) is 0.887. The van der Waals surface area contributed by atoms with E-state index in [-0.39, 0.29) is 18.1 Å². The van der Waals surface area contributed by atoms with E-state index in [1.807, 2.05) is 6.07 Å². The highest BCUT2D eigenvalue weighted by Crippen LogP contribution is 2.50. The lowest BCUT2D eigenvalue weighted by molar-refractivity contribution is -0.188. The molecular weight excluding hydrogens is 480 g/mol. The number of rotatable bonds is 10. The van der Waals surface area contributed by atoms with Crippen LogP contribution in [-0.4, -0.2) is 61.1 Å². The maximum absolute atomic E-state index is 12.3. The molecule has 0 saturated carbocycles. The second kappa shape index (κ2) is 10.8. The van der Waals surface area contributed by atoms with Gasteiger partial charge in [-0.25, -0.2) is 4.98 Å². The van der Waals surface area contributed by atoms with Crippen LogP contribution in [0.3, 0.4) is 0 Å². The Hall–Kier alpha value is -3.62. The van der Waals surface area contributed by atoms with Crippen LogP contribution in [0, 0.1) is 0 Å². The van der Waals surface area contributed by atoms with Gasteiger partial charge in [-0.3, -0.25) is 10.1 Å². The first kappa shape index (κ1) is 26.0. The first-order chi connectivity index (χ1) is 16.5. The van der Waals surface area contributed by atoms with E-state index in [1.165, 1.54) is 7.11 Å². The molecule has 1 unspecified atom stereocenters. The van der Waals surface area contributed by atoms with Crippen LogP contribution in [0.1, 0.15) is 22.9 Å². The number of carbonyl (C=O) groups excluding carboxylic acids is 1. The number of phenols is 4. The van der Waals surface area contributed by atoms with Crippen molar-refractivity contribution in [3.05, 3.63) is 52.5 Å². The summed E-state index contributed by atoms with van der Waals surface area (Å²) in [6.45, 7) is -0.0672. The summed E-state index contributed by atoms with van der Waals surface area (Å²) < 4.78 is 5.35. The van der Waals surface area contributed by atoms with Crippen molar-refractivity contribution < 1.29 is 40.2 Å². The molecule has 188 valence electrons. The number of nitrogens with one attached hydrogen (secondary N) is 2. The Bertz CT molecular complexity index is 1160. The Kier molecular flexibility index (Phi) is 7.99. The van der Waals surface area contributed by atoms with Gasteiger partial charge in [0.1, 0.15) is 5.69 Å². The minimum Gasteiger partial charge on any atom is -0.504 e. The van der Waals surface area contributed by atoms with E-state index in [2.05, 4.69) is 15.6 Å². The molecule has 0 aliphatic carbocycles. The molecule has 0 radical (unpaired) electrons. The van der Waals surface area contributed by atoms with Gasteiger partial charge in [0, 0.05) is 25.5 Å². The lowest BCUT2D eigenvalue weighted by atomic mass is 10.0. The number of aliphatic hydroxyl groups is 2. The van der Waals surface area contributed by atoms with E-state index in [0.717, 1.165) is 16.9 Å². The average molecular weight is 507 g/mol. The molecule has 13 heteroatoms. The molecule has 0 bridgehead atoms. The summed E-state index contributed by atoms with van der Waals surface area (Å²) in [5.41, 5.74) is 5.39. The molecule has 2 aromatic carbocycles. The van der Waals surface area contributed by atoms with E-state index in [0.29, 0.717) is 5.69 Å². The molecular formula is C22H26N4O8S. The number of nitrogens with two attached hydrogens (primary N) is 1. The molecule has 1 heterocycles. The third-order valence-corrected chi connectivity index (χ3v) is 5.84. The third kappa shape index (κ3) is 6.29. The van der Waals surface area contributed by atoms with E-state index < -0.39 is 58.6 Å². The Morgan fingerprint density at radius 3 is 2.29 bits per heavy atom. The monoisotopic (exact) mass is 506 g/mol. The maximum atomic E-state index is 12.3. The Morgan fingerprint density at radius 2 is 1.74 bits per heavy atom. The fourth-order valence-corrected chi connectivity index (χ4v) is 3.92. The number of nitrogen functional groups attached to an aromatic ring is 1. The van der Waals surface area contributed by atoms with Crippen molar-refractivity contribution in [2.75, 3.05) is 24.7 Å². The van der Waals surface area contributed by atoms with Gasteiger partial charge in [0.25, 0.3) is 0 Å². The summed E-state index contributed by atoms with van der Waals surface area (Å²) in [7, 11) is 1.44. The van der Waals surface area contributed by atoms with Gasteiger partial charge in [-0.2, -0.15) is 0 Å². The molecule has 1 aromatic heterocycles. The number of benzene rings is 2. The van der Waals surface area contributed by atoms with E-state index in [4.69, 9.17) is 10.5 Å². The first-order valence-corrected chi connectivity index (χ1v) is 11.2. The van der Waals surface area contributed by atoms with Crippen molar-refractivity contribution in [2.24, 2.45) is 0 Å². The zero-order chi connectivity index (χ0) is 25.8. The molecule has 0 aliphatic rings. The Morgan fingerprint density at radius 1 is 1.11 bits per heavy atom. The van der Waals surface area contributed by atoms with Gasteiger partial charge in [-0.15, -0.1) is 11.3 Å². The number of hydrogen-bond acceptors (Lipinski definition) is 12. The van der Waals surface area contributed by atoms with Gasteiger partial charge >= 0.3 is 0 Å². The van der Waals surface area contributed by atoms with Crippen molar-refractivity contribution >= 4 is 28.1 Å². The summed E-state index contributed by atoms with van der Waals surface area (Å²) in [6.07, 6.45) is -1.65. The molecule has 0 fully saturated rings. The minimum absolute atomic E-state index is 0.0672. The summed E-state index contributed by atoms with van der Waals surface area (Å²) in [4.78, 5) is 16.2. The number of methoxy groups -OCH3 is 1. The zero-order valence-electron chi connectivity index (χ0n) is 18.6. The quantitative estimate of drug-likeness (QED) is 0.107. The van der Waals surface area contributed by atoms with Crippen LogP contribution >= 0.6 is 11.3 Å². The van der Waals surface area contributed by atoms with Gasteiger partial charge in [-0.05, 0) is 5.56 Å². The van der Waals surface area contributed by atoms with Crippen LogP contribution in [0.4, 0.5) is 10.8 Å². The summed E-state index contributed by atoms with van der Waals surface area (Å²) in [6, 6.07) is 8.98. The van der Waals surface area contributed by atoms with Crippen LogP contribution in [0.5, 0.6) is 23.0 Å². The first-order valence-electron chi connectivity index (χ1n) is 10.3. The molecule has 3 rings (SSSR count). The second-order valence-corrected chi connectivity index (χ2v) is 8.55. The van der Waals surface area contributed by atoms with Crippen LogP contribution in [0.25, 0.3) is 0 Å². The van der Waals surface area contributed by atoms with Crippen LogP contribution in [0.2, 0.25) is 0 Å². The van der Waals surface area contributed by atoms with Crippen LogP contribution < -0.4 is 16.4 Å². The third-order valence-electron chi connectivity index (χ3n) is 5.12. The van der Waals surface area contributed by atoms with Crippen molar-refractivity contribution in [1.29, 1.82) is 0 Å². The molecule has 0 spiro atoms. The largest absolute Gasteiger partial charge is 0.504 e. The van der Waals surface area contributed by atoms with Crippen LogP contribution in [0.15, 0.2) is 35.7 Å². The molecule has 0 aliphatic heterocycles. The normalized spacial score (nSPS) is 12.4. The number of nitrogens with zero attached hydrogens (tertiary/aromatic N) is 1. The summed E-state index contributed by atoms with van der Waals surface area (Å²) in [5.74, 6) is -7.29. The number of phenolic OH excluding ortho intramolecular Hbond substituents is 4. The highest BCUT2D eigenvalue weighted by atomic mass is 32.1. The number of amides is 1. The van der Waals surface area contributed by atoms with Gasteiger partial charge < -0.3 is 46.4 Å². The highest BCUT2D eigenvalue weighted by molar-refractivity contribution is 7.13. The molecule has 10 N–H and O–H groups in total. The summed E-state index contributed by atoms with van der Waals surface area (Å²) >= 11 is 1.12. The Balaban J connectivity index is 1.75. The van der Waals surface area contributed by atoms with Gasteiger partial charge in [0.05, 0.1) is 23.8 Å². The average Bonchev–Trinajstić information content (AvgIpc) is 3.23. The zero-order valence-corrected chi connectivity index (χ0v) is 19.4. The number of carbonyl (C=O) groups is 1. The van der Waals surface area contributed by atoms with Crippen LogP contribution in [-0.2, 0) is 22.4 Å². The van der Waals surface area contributed by atoms with Gasteiger partial charge in [-0.1, -0.05) is 30.3 Å². The van der Waals surface area contributed by atoms with E-state index >= 15 is 0 Å². The minimum atomic E-state index is -2.69. The lowest BCUT2D eigenvalue weighted by Gasteiger charge is -2.27. The van der Waals surface area contributed by atoms with Gasteiger partial charge in [0.15, 0.2) is 28.1 Å². The highest BCUT2D eigenvalue weighted by Gasteiger charge is 2.32. The fourth-order valence-electron chi connectivity index (χ4n) is 3.35. The van der Waals surface area contributed by atoms with Crippen molar-refractivity contribution in [3.8, 4) is 23.0 Å². The smallest absolute Gasteiger partial charge is 0.230 e. The fraction of sp³-hybridized carbons (Fsp3) is 0.273. The molecule has 12 nitrogen and oxygen atoms in total. The standard InChI is InChI=1S/C22H26N4O8S/c1-34-14(11-5-3-2-4-6-11)9-24-22(32,33)8-13-17(28)19(30)16(20(31)18(13)29)26-15(27)7-12-10-35-21(23)25-12/h2-6,10,14,24,28-33H,7-9H2,1H3,(H2,23,25)(H,26,27).